The van der Waals surface area contributed by atoms with E-state index in [-0.39, 0.29) is 12.2 Å². The fourth-order valence-corrected chi connectivity index (χ4v) is 3.25. The Bertz CT molecular complexity index is 1080. The molecule has 0 aliphatic carbocycles. The second kappa shape index (κ2) is 7.41. The van der Waals surface area contributed by atoms with Crippen LogP contribution in [-0.2, 0) is 12.7 Å². The summed E-state index contributed by atoms with van der Waals surface area (Å²) in [7, 11) is 0. The van der Waals surface area contributed by atoms with Crippen LogP contribution < -0.4 is 5.56 Å². The molecule has 0 bridgehead atoms. The van der Waals surface area contributed by atoms with Crippen molar-refractivity contribution < 1.29 is 13.2 Å². The van der Waals surface area contributed by atoms with Gasteiger partial charge in [0.15, 0.2) is 0 Å². The summed E-state index contributed by atoms with van der Waals surface area (Å²) in [6.07, 6.45) is -4.80. The van der Waals surface area contributed by atoms with Gasteiger partial charge in [0.2, 0.25) is 0 Å². The molecule has 0 aliphatic rings. The Morgan fingerprint density at radius 2 is 1.74 bits per heavy atom. The number of rotatable bonds is 3. The molecule has 3 nitrogen and oxygen atoms in total. The number of pyridine rings is 1. The maximum atomic E-state index is 13.4. The van der Waals surface area contributed by atoms with E-state index in [0.29, 0.717) is 11.1 Å². The van der Waals surface area contributed by atoms with Crippen molar-refractivity contribution in [3.05, 3.63) is 92.2 Å². The average molecular weight is 433 g/mol. The van der Waals surface area contributed by atoms with Gasteiger partial charge in [-0.1, -0.05) is 58.4 Å². The molecule has 1 heterocycles. The molecule has 0 saturated carbocycles. The number of hydrogen-bond donors (Lipinski definition) is 0. The van der Waals surface area contributed by atoms with Crippen molar-refractivity contribution in [1.29, 1.82) is 5.26 Å². The molecule has 3 rings (SSSR count). The molecule has 2 aromatic carbocycles. The van der Waals surface area contributed by atoms with Crippen LogP contribution in [0.25, 0.3) is 11.3 Å². The Balaban J connectivity index is 2.30. The molecule has 0 saturated heterocycles. The molecule has 0 atom stereocenters. The molecule has 3 aromatic rings. The number of benzene rings is 2. The standard InChI is InChI=1S/C20H12BrF3N2O/c21-15-8-4-5-13(9-15)12-26-18(14-6-2-1-3-7-14)10-17(20(22,23)24)16(11-25)19(26)27/h1-10H,12H2. The van der Waals surface area contributed by atoms with Gasteiger partial charge in [0.1, 0.15) is 11.6 Å². The molecule has 0 spiro atoms. The van der Waals surface area contributed by atoms with Crippen molar-refractivity contribution in [2.24, 2.45) is 0 Å². The molecular weight excluding hydrogens is 421 g/mol. The number of aromatic nitrogens is 1. The normalized spacial score (nSPS) is 11.2. The third-order valence-electron chi connectivity index (χ3n) is 4.02. The predicted molar refractivity (Wildman–Crippen MR) is 99.1 cm³/mol. The topological polar surface area (TPSA) is 45.8 Å². The molecular formula is C20H12BrF3N2O. The van der Waals surface area contributed by atoms with Crippen molar-refractivity contribution in [3.63, 3.8) is 0 Å². The van der Waals surface area contributed by atoms with Gasteiger partial charge in [-0.05, 0) is 29.3 Å². The highest BCUT2D eigenvalue weighted by atomic mass is 79.9. The third kappa shape index (κ3) is 3.96. The number of alkyl halides is 3. The lowest BCUT2D eigenvalue weighted by molar-refractivity contribution is -0.137. The molecule has 136 valence electrons. The SMILES string of the molecule is N#Cc1c(C(F)(F)F)cc(-c2ccccc2)n(Cc2cccc(Br)c2)c1=O. The molecule has 0 amide bonds. The van der Waals surface area contributed by atoms with Crippen LogP contribution in [0.1, 0.15) is 16.7 Å². The van der Waals surface area contributed by atoms with Gasteiger partial charge in [-0.25, -0.2) is 0 Å². The van der Waals surface area contributed by atoms with Crippen LogP contribution in [0.2, 0.25) is 0 Å². The van der Waals surface area contributed by atoms with Gasteiger partial charge in [0.05, 0.1) is 17.8 Å². The third-order valence-corrected chi connectivity index (χ3v) is 4.51. The Labute approximate surface area is 161 Å². The van der Waals surface area contributed by atoms with Crippen LogP contribution in [0.4, 0.5) is 13.2 Å². The second-order valence-electron chi connectivity index (χ2n) is 5.82. The summed E-state index contributed by atoms with van der Waals surface area (Å²) in [5.41, 5.74) is -1.82. The highest BCUT2D eigenvalue weighted by Gasteiger charge is 2.36. The van der Waals surface area contributed by atoms with Crippen molar-refractivity contribution in [3.8, 4) is 17.3 Å². The van der Waals surface area contributed by atoms with Crippen molar-refractivity contribution in [2.75, 3.05) is 0 Å². The zero-order chi connectivity index (χ0) is 19.6. The smallest absolute Gasteiger partial charge is 0.303 e. The average Bonchev–Trinajstić information content (AvgIpc) is 2.63. The van der Waals surface area contributed by atoms with E-state index in [9.17, 15) is 23.2 Å². The first-order chi connectivity index (χ1) is 12.8. The van der Waals surface area contributed by atoms with Gasteiger partial charge in [-0.2, -0.15) is 18.4 Å². The predicted octanol–water partition coefficient (Wildman–Crippen LogP) is 5.22. The van der Waals surface area contributed by atoms with Gasteiger partial charge in [-0.15, -0.1) is 0 Å². The maximum Gasteiger partial charge on any atom is 0.417 e. The lowest BCUT2D eigenvalue weighted by Gasteiger charge is -2.18. The van der Waals surface area contributed by atoms with Gasteiger partial charge in [0.25, 0.3) is 5.56 Å². The number of nitriles is 1. The molecule has 0 unspecified atom stereocenters. The number of nitrogens with zero attached hydrogens (tertiary/aromatic N) is 2. The van der Waals surface area contributed by atoms with E-state index in [1.807, 2.05) is 0 Å². The molecule has 7 heteroatoms. The quantitative estimate of drug-likeness (QED) is 0.569. The number of hydrogen-bond acceptors (Lipinski definition) is 2. The van der Waals surface area contributed by atoms with E-state index < -0.39 is 22.9 Å². The largest absolute Gasteiger partial charge is 0.417 e. The highest BCUT2D eigenvalue weighted by Crippen LogP contribution is 2.33. The minimum Gasteiger partial charge on any atom is -0.303 e. The van der Waals surface area contributed by atoms with E-state index in [4.69, 9.17) is 0 Å². The Hall–Kier alpha value is -2.85. The van der Waals surface area contributed by atoms with E-state index in [2.05, 4.69) is 15.9 Å². The summed E-state index contributed by atoms with van der Waals surface area (Å²) in [4.78, 5) is 12.8. The monoisotopic (exact) mass is 432 g/mol. The fourth-order valence-electron chi connectivity index (χ4n) is 2.80. The zero-order valence-corrected chi connectivity index (χ0v) is 15.4. The van der Waals surface area contributed by atoms with Crippen LogP contribution in [-0.4, -0.2) is 4.57 Å². The summed E-state index contributed by atoms with van der Waals surface area (Å²) in [6.45, 7) is 0.0370. The zero-order valence-electron chi connectivity index (χ0n) is 13.8. The lowest BCUT2D eigenvalue weighted by atomic mass is 10.0. The van der Waals surface area contributed by atoms with Crippen LogP contribution >= 0.6 is 15.9 Å². The second-order valence-corrected chi connectivity index (χ2v) is 6.73. The van der Waals surface area contributed by atoms with Crippen molar-refractivity contribution in [1.82, 2.24) is 4.57 Å². The van der Waals surface area contributed by atoms with E-state index in [1.54, 1.807) is 54.6 Å². The van der Waals surface area contributed by atoms with E-state index in [1.165, 1.54) is 10.6 Å². The maximum absolute atomic E-state index is 13.4. The van der Waals surface area contributed by atoms with Crippen LogP contribution in [0.5, 0.6) is 0 Å². The summed E-state index contributed by atoms with van der Waals surface area (Å²) >= 11 is 3.33. The minimum absolute atomic E-state index is 0.0370. The molecule has 0 aliphatic heterocycles. The Morgan fingerprint density at radius 3 is 2.33 bits per heavy atom. The molecule has 0 N–H and O–H groups in total. The summed E-state index contributed by atoms with van der Waals surface area (Å²) in [5, 5.41) is 9.19. The van der Waals surface area contributed by atoms with Gasteiger partial charge in [-0.3, -0.25) is 4.79 Å². The first-order valence-corrected chi connectivity index (χ1v) is 8.65. The van der Waals surface area contributed by atoms with E-state index in [0.717, 1.165) is 10.5 Å². The molecule has 0 fully saturated rings. The number of halogens is 4. The fraction of sp³-hybridized carbons (Fsp3) is 0.100. The van der Waals surface area contributed by atoms with Gasteiger partial charge >= 0.3 is 6.18 Å². The van der Waals surface area contributed by atoms with Crippen molar-refractivity contribution >= 4 is 15.9 Å². The molecule has 0 radical (unpaired) electrons. The summed E-state index contributed by atoms with van der Waals surface area (Å²) in [5.74, 6) is 0. The first-order valence-electron chi connectivity index (χ1n) is 7.86. The van der Waals surface area contributed by atoms with Crippen LogP contribution in [0.15, 0.2) is 69.9 Å². The van der Waals surface area contributed by atoms with Gasteiger partial charge in [0, 0.05) is 4.47 Å². The minimum atomic E-state index is -4.80. The van der Waals surface area contributed by atoms with Crippen LogP contribution in [0.3, 0.4) is 0 Å². The Morgan fingerprint density at radius 1 is 1.04 bits per heavy atom. The summed E-state index contributed by atoms with van der Waals surface area (Å²) < 4.78 is 42.2. The lowest BCUT2D eigenvalue weighted by Crippen LogP contribution is -2.28. The van der Waals surface area contributed by atoms with Crippen LogP contribution in [0, 0.1) is 11.3 Å². The summed E-state index contributed by atoms with van der Waals surface area (Å²) in [6, 6.07) is 17.7. The molecule has 27 heavy (non-hydrogen) atoms. The highest BCUT2D eigenvalue weighted by molar-refractivity contribution is 9.10. The first kappa shape index (κ1) is 18.9. The van der Waals surface area contributed by atoms with E-state index >= 15 is 0 Å². The Kier molecular flexibility index (Phi) is 5.19. The van der Waals surface area contributed by atoms with Crippen molar-refractivity contribution in [2.45, 2.75) is 12.7 Å². The van der Waals surface area contributed by atoms with Gasteiger partial charge < -0.3 is 4.57 Å². The molecule has 1 aromatic heterocycles.